The zero-order chi connectivity index (χ0) is 17.7. The molecule has 0 heterocycles. The van der Waals surface area contributed by atoms with E-state index in [0.717, 1.165) is 0 Å². The average molecular weight is 355 g/mol. The number of quaternary nitrogens is 2. The van der Waals surface area contributed by atoms with Crippen LogP contribution < -0.4 is 16.8 Å². The molecule has 0 spiro atoms. The second kappa shape index (κ2) is 12.7. The summed E-state index contributed by atoms with van der Waals surface area (Å²) in [5, 5.41) is 2.93. The molecule has 0 fully saturated rings. The van der Waals surface area contributed by atoms with Gasteiger partial charge in [-0.2, -0.15) is 0 Å². The van der Waals surface area contributed by atoms with Crippen molar-refractivity contribution in [1.29, 1.82) is 0 Å². The van der Waals surface area contributed by atoms with E-state index in [1.165, 1.54) is 0 Å². The van der Waals surface area contributed by atoms with Crippen molar-refractivity contribution in [3.05, 3.63) is 0 Å². The highest BCUT2D eigenvalue weighted by Gasteiger charge is 1.99. The highest BCUT2D eigenvalue weighted by atomic mass is 32.3. The lowest BCUT2D eigenvalue weighted by molar-refractivity contribution is -0.306. The standard InChI is InChI=1S/C6H13N3O2.2H2O4S/c7-5(10)1-3-9-4-2-6(8)11;2*1-5(2,3)4/h9H,1-4H2,(H2,7,10)(H2,8,11);2*(H2,1,2,3,4). The molecule has 0 radical (unpaired) electrons. The maximum atomic E-state index is 10.3. The second-order valence-corrected chi connectivity index (χ2v) is 4.89. The molecule has 0 aliphatic heterocycles. The number of nitrogens with one attached hydrogen (secondary N) is 1. The Morgan fingerprint density at radius 1 is 0.857 bits per heavy atom. The van der Waals surface area contributed by atoms with E-state index in [2.05, 4.69) is 16.8 Å². The van der Waals surface area contributed by atoms with Crippen LogP contribution in [0.25, 0.3) is 0 Å². The largest absolute Gasteiger partial charge is 0.726 e. The number of carbonyl (C=O) groups is 2. The molecule has 0 aliphatic rings. The molecule has 2 amide bonds. The van der Waals surface area contributed by atoms with Gasteiger partial charge in [-0.05, 0) is 0 Å². The Labute approximate surface area is 120 Å². The first-order valence-corrected chi connectivity index (χ1v) is 7.63. The topological polar surface area (TPSA) is 256 Å². The number of hydrogen-bond acceptors (Lipinski definition) is 9. The maximum Gasteiger partial charge on any atom is 0.310 e. The van der Waals surface area contributed by atoms with Gasteiger partial charge in [-0.25, -0.2) is 26.4 Å². The van der Waals surface area contributed by atoms with E-state index in [1.54, 1.807) is 0 Å². The second-order valence-electron chi connectivity index (χ2n) is 3.18. The van der Waals surface area contributed by atoms with Gasteiger partial charge in [-0.1, -0.05) is 0 Å². The first-order valence-electron chi connectivity index (χ1n) is 4.89. The van der Waals surface area contributed by atoms with Gasteiger partial charge in [0.1, 0.15) is 0 Å². The summed E-state index contributed by atoms with van der Waals surface area (Å²) in [6, 6.07) is 0. The minimum absolute atomic E-state index is 0.0848. The van der Waals surface area contributed by atoms with E-state index in [0.29, 0.717) is 25.9 Å². The van der Waals surface area contributed by atoms with E-state index >= 15 is 0 Å². The quantitative estimate of drug-likeness (QED) is 0.171. The molecular weight excluding hydrogens is 338 g/mol. The van der Waals surface area contributed by atoms with Crippen LogP contribution >= 0.6 is 0 Å². The van der Waals surface area contributed by atoms with Gasteiger partial charge in [-0.3, -0.25) is 20.6 Å². The molecule has 0 saturated carbocycles. The van der Waals surface area contributed by atoms with Gasteiger partial charge < -0.3 is 14.4 Å². The highest BCUT2D eigenvalue weighted by Crippen LogP contribution is 1.73. The van der Waals surface area contributed by atoms with Crippen LogP contribution in [0, 0.1) is 0 Å². The molecule has 0 aromatic carbocycles. The molecule has 0 aromatic rings. The Morgan fingerprint density at radius 3 is 1.19 bits per heavy atom. The molecule has 0 aromatic heterocycles. The summed E-state index contributed by atoms with van der Waals surface area (Å²) >= 11 is 0. The Hall–Kier alpha value is -1.04. The minimum atomic E-state index is -4.92. The lowest BCUT2D eigenvalue weighted by Crippen LogP contribution is -2.58. The van der Waals surface area contributed by atoms with Gasteiger partial charge in [0, 0.05) is 13.1 Å². The van der Waals surface area contributed by atoms with Crippen LogP contribution in [0.4, 0.5) is 0 Å². The summed E-state index contributed by atoms with van der Waals surface area (Å²) in [6.07, 6.45) is 0.844. The fraction of sp³-hybridized carbons (Fsp3) is 0.667. The van der Waals surface area contributed by atoms with Crippen molar-refractivity contribution in [1.82, 2.24) is 5.32 Å². The highest BCUT2D eigenvalue weighted by molar-refractivity contribution is 7.80. The molecule has 15 heteroatoms. The van der Waals surface area contributed by atoms with Gasteiger partial charge in [0.2, 0.25) is 20.8 Å². The predicted octanol–water partition coefficient (Wildman–Crippen LogP) is -5.10. The molecule has 21 heavy (non-hydrogen) atoms. The average Bonchev–Trinajstić information content (AvgIpc) is 2.10. The van der Waals surface area contributed by atoms with E-state index in [-0.39, 0.29) is 11.8 Å². The summed E-state index contributed by atoms with van der Waals surface area (Å²) in [5.74, 6) is -0.170. The van der Waals surface area contributed by atoms with E-state index < -0.39 is 20.8 Å². The number of amides is 2. The molecule has 0 aliphatic carbocycles. The third-order valence-electron chi connectivity index (χ3n) is 1.16. The summed E-state index contributed by atoms with van der Waals surface area (Å²) in [4.78, 5) is 20.6. The molecule has 13 nitrogen and oxygen atoms in total. The molecule has 0 rings (SSSR count). The summed E-state index contributed by atoms with van der Waals surface area (Å²) < 4.78 is 65.7. The van der Waals surface area contributed by atoms with Crippen molar-refractivity contribution < 1.29 is 56.1 Å². The van der Waals surface area contributed by atoms with Crippen molar-refractivity contribution in [2.75, 3.05) is 13.1 Å². The third kappa shape index (κ3) is 113. The van der Waals surface area contributed by atoms with Crippen LogP contribution in [-0.4, -0.2) is 60.0 Å². The molecule has 0 saturated heterocycles. The van der Waals surface area contributed by atoms with E-state index in [4.69, 9.17) is 35.0 Å². The lowest BCUT2D eigenvalue weighted by Gasteiger charge is -1.96. The fourth-order valence-corrected chi connectivity index (χ4v) is 0.581. The summed E-state index contributed by atoms with van der Waals surface area (Å²) in [7, 11) is -9.83. The molecule has 0 atom stereocenters. The van der Waals surface area contributed by atoms with Gasteiger partial charge in [0.15, 0.2) is 0 Å². The van der Waals surface area contributed by atoms with Crippen molar-refractivity contribution >= 4 is 32.6 Å². The van der Waals surface area contributed by atoms with E-state index in [1.807, 2.05) is 0 Å². The predicted molar refractivity (Wildman–Crippen MR) is 62.5 cm³/mol. The Bertz CT molecular complexity index is 437. The minimum Gasteiger partial charge on any atom is -0.726 e. The Balaban J connectivity index is -0.000000270. The fourth-order valence-electron chi connectivity index (χ4n) is 0.581. The normalized spacial score (nSPS) is 10.6. The van der Waals surface area contributed by atoms with Crippen molar-refractivity contribution in [2.45, 2.75) is 12.8 Å². The monoisotopic (exact) mass is 355 g/mol. The molecule has 0 bridgehead atoms. The molecule has 9 N–H and O–H groups in total. The van der Waals surface area contributed by atoms with Crippen LogP contribution in [0.2, 0.25) is 0 Å². The molecule has 128 valence electrons. The first kappa shape index (κ1) is 24.9. The molecular formula is C6H17N3O10S2. The van der Waals surface area contributed by atoms with E-state index in [9.17, 15) is 9.59 Å². The van der Waals surface area contributed by atoms with Crippen molar-refractivity contribution in [2.24, 2.45) is 0 Å². The Morgan fingerprint density at radius 2 is 1.05 bits per heavy atom. The summed E-state index contributed by atoms with van der Waals surface area (Å²) in [5.41, 5.74) is 6.43. The van der Waals surface area contributed by atoms with Crippen LogP contribution in [-0.2, 0) is 30.4 Å². The number of carbonyl (C=O) groups excluding carboxylic acids is 2. The Kier molecular flexibility index (Phi) is 15.1. The SMILES string of the molecule is O=S(=O)([O-])O.O=S(=O)([O-])O.[NH3+]C(=O)CCNCCC([NH3+])=O. The smallest absolute Gasteiger partial charge is 0.310 e. The van der Waals surface area contributed by atoms with Crippen LogP contribution in [0.5, 0.6) is 0 Å². The van der Waals surface area contributed by atoms with Crippen molar-refractivity contribution in [3.8, 4) is 0 Å². The van der Waals surface area contributed by atoms with Gasteiger partial charge in [-0.15, -0.1) is 0 Å². The first-order chi connectivity index (χ1) is 9.13. The van der Waals surface area contributed by atoms with Crippen LogP contribution in [0.15, 0.2) is 0 Å². The van der Waals surface area contributed by atoms with Gasteiger partial charge in [0.25, 0.3) is 0 Å². The zero-order valence-corrected chi connectivity index (χ0v) is 12.4. The summed E-state index contributed by atoms with van der Waals surface area (Å²) in [6.45, 7) is 1.19. The zero-order valence-electron chi connectivity index (χ0n) is 10.7. The van der Waals surface area contributed by atoms with Gasteiger partial charge >= 0.3 is 11.8 Å². The van der Waals surface area contributed by atoms with Crippen LogP contribution in [0.3, 0.4) is 0 Å². The number of hydrogen-bond donors (Lipinski definition) is 5. The maximum absolute atomic E-state index is 10.3. The molecule has 0 unspecified atom stereocenters. The third-order valence-corrected chi connectivity index (χ3v) is 1.16. The number of rotatable bonds is 6. The van der Waals surface area contributed by atoms with Crippen LogP contribution in [0.1, 0.15) is 12.8 Å². The van der Waals surface area contributed by atoms with Gasteiger partial charge in [0.05, 0.1) is 12.8 Å². The lowest BCUT2D eigenvalue weighted by atomic mass is 10.3. The van der Waals surface area contributed by atoms with Crippen molar-refractivity contribution in [3.63, 3.8) is 0 Å².